The molecule has 0 aliphatic rings. The fourth-order valence-corrected chi connectivity index (χ4v) is 0. The molecule has 0 amide bonds. The fraction of sp³-hybridized carbons (Fsp3) is 0. The zero-order chi connectivity index (χ0) is 21.5. The van der Waals surface area contributed by atoms with Gasteiger partial charge in [0.25, 0.3) is 0 Å². The minimum atomic E-state index is -3.63. The first-order valence-corrected chi connectivity index (χ1v) is 11.1. The lowest BCUT2D eigenvalue weighted by atomic mass is 15.9. The lowest BCUT2D eigenvalue weighted by Crippen LogP contribution is -1.79. The van der Waals surface area contributed by atoms with Crippen molar-refractivity contribution in [2.75, 3.05) is 0 Å². The topological polar surface area (TPSA) is 287 Å². The molecular weight excluding hydrogens is 506 g/mol. The van der Waals surface area contributed by atoms with Crippen molar-refractivity contribution in [3.63, 3.8) is 0 Å². The quantitative estimate of drug-likeness (QED) is 0.0998. The van der Waals surface area contributed by atoms with E-state index in [1.54, 1.807) is 0 Å². The average molecular weight is 517 g/mol. The molecule has 0 heterocycles. The summed E-state index contributed by atoms with van der Waals surface area (Å²) in [5, 5.41) is 0. The van der Waals surface area contributed by atoms with Gasteiger partial charge in [-0.3, -0.25) is 26.8 Å². The van der Waals surface area contributed by atoms with Gasteiger partial charge in [0.05, 0.1) is 0 Å². The summed E-state index contributed by atoms with van der Waals surface area (Å²) < 4.78 is 112. The van der Waals surface area contributed by atoms with Crippen LogP contribution in [0.25, 0.3) is 0 Å². The SMILES string of the molecule is O.O.O=[Si](O)F.O=[Si](O)F.O=[Si](O)F.O=[Si](O)F.O=[Si](O)F.O=[Si](O)F. The van der Waals surface area contributed by atoms with Gasteiger partial charge in [0.15, 0.2) is 0 Å². The summed E-state index contributed by atoms with van der Waals surface area (Å²) in [6, 6.07) is 0. The predicted octanol–water partition coefficient (Wildman–Crippen LogP) is -5.47. The van der Waals surface area contributed by atoms with Crippen LogP contribution in [0.5, 0.6) is 0 Å². The van der Waals surface area contributed by atoms with Gasteiger partial charge < -0.3 is 39.7 Å². The van der Waals surface area contributed by atoms with E-state index in [1.807, 2.05) is 0 Å². The lowest BCUT2D eigenvalue weighted by molar-refractivity contribution is 0.388. The standard InChI is InChI=1S/6FHO2Si.2H2O/c6*1-4(2)3;;/h6*2H;2*1H2. The summed E-state index contributed by atoms with van der Waals surface area (Å²) in [7, 11) is -21.8. The molecule has 0 aliphatic heterocycles. The van der Waals surface area contributed by atoms with Crippen molar-refractivity contribution in [1.82, 2.24) is 0 Å². The van der Waals surface area contributed by atoms with E-state index in [0.717, 1.165) is 0 Å². The van der Waals surface area contributed by atoms with Gasteiger partial charge in [-0.1, -0.05) is 0 Å². The molecule has 0 atom stereocenters. The Morgan fingerprint density at radius 1 is 0.346 bits per heavy atom. The molecule has 0 spiro atoms. The van der Waals surface area contributed by atoms with E-state index in [2.05, 4.69) is 0 Å². The number of hydrogen-bond acceptors (Lipinski definition) is 6. The van der Waals surface area contributed by atoms with Gasteiger partial charge in [-0.25, -0.2) is 0 Å². The third-order valence-corrected chi connectivity index (χ3v) is 0. The van der Waals surface area contributed by atoms with Crippen molar-refractivity contribution in [3.05, 3.63) is 0 Å². The normalized spacial score (nSPS) is 5.77. The lowest BCUT2D eigenvalue weighted by Gasteiger charge is -1.49. The maximum Gasteiger partial charge on any atom is 0.734 e. The molecule has 0 bridgehead atoms. The molecule has 0 aromatic heterocycles. The van der Waals surface area contributed by atoms with Gasteiger partial charge in [0, 0.05) is 0 Å². The van der Waals surface area contributed by atoms with Crippen LogP contribution in [0.2, 0.25) is 0 Å². The van der Waals surface area contributed by atoms with Crippen LogP contribution in [0.1, 0.15) is 0 Å². The van der Waals surface area contributed by atoms with Crippen molar-refractivity contribution in [2.45, 2.75) is 0 Å². The summed E-state index contributed by atoms with van der Waals surface area (Å²) >= 11 is 0. The van der Waals surface area contributed by atoms with Crippen LogP contribution in [-0.4, -0.2) is 95.3 Å². The number of halogens is 6. The van der Waals surface area contributed by atoms with Crippen molar-refractivity contribution in [1.29, 1.82) is 0 Å². The molecule has 160 valence electrons. The Balaban J connectivity index is -0.0000000245. The van der Waals surface area contributed by atoms with E-state index >= 15 is 0 Å². The average Bonchev–Trinajstić information content (AvgIpc) is 2.08. The van der Waals surface area contributed by atoms with Crippen LogP contribution in [0.3, 0.4) is 0 Å². The second-order valence-corrected chi connectivity index (χ2v) is 4.55. The summed E-state index contributed by atoms with van der Waals surface area (Å²) in [5.41, 5.74) is 0. The summed E-state index contributed by atoms with van der Waals surface area (Å²) in [6.45, 7) is 0. The highest BCUT2D eigenvalue weighted by molar-refractivity contribution is 6.24. The minimum absolute atomic E-state index is 0. The predicted molar refractivity (Wildman–Crippen MR) is 65.8 cm³/mol. The van der Waals surface area contributed by atoms with Gasteiger partial charge >= 0.3 is 55.6 Å². The van der Waals surface area contributed by atoms with Gasteiger partial charge in [0.1, 0.15) is 0 Å². The Labute approximate surface area is 147 Å². The van der Waals surface area contributed by atoms with E-state index in [0.29, 0.717) is 0 Å². The maximum atomic E-state index is 10.1. The second kappa shape index (κ2) is 43.7. The van der Waals surface area contributed by atoms with E-state index in [1.165, 1.54) is 0 Å². The molecule has 0 radical (unpaired) electrons. The Morgan fingerprint density at radius 2 is 0.346 bits per heavy atom. The molecule has 10 N–H and O–H groups in total. The first kappa shape index (κ1) is 49.7. The Kier molecular flexibility index (Phi) is 83.4. The van der Waals surface area contributed by atoms with E-state index in [-0.39, 0.29) is 11.0 Å². The van der Waals surface area contributed by atoms with Crippen LogP contribution in [-0.2, 0) is 26.8 Å². The van der Waals surface area contributed by atoms with Crippen LogP contribution < -0.4 is 0 Å². The first-order chi connectivity index (χ1) is 10.4. The monoisotopic (exact) mass is 516 g/mol. The van der Waals surface area contributed by atoms with Crippen LogP contribution >= 0.6 is 0 Å². The van der Waals surface area contributed by atoms with Gasteiger partial charge in [-0.15, -0.1) is 0 Å². The minimum Gasteiger partial charge on any atom is -0.517 e. The molecule has 26 heteroatoms. The molecule has 0 aromatic rings. The summed E-state index contributed by atoms with van der Waals surface area (Å²) in [5.74, 6) is 0. The second-order valence-electron chi connectivity index (χ2n) is 1.52. The molecular formula is H10F6O14Si6. The highest BCUT2D eigenvalue weighted by atomic mass is 28.3. The van der Waals surface area contributed by atoms with Gasteiger partial charge in [-0.2, -0.15) is 24.6 Å². The fourth-order valence-electron chi connectivity index (χ4n) is 0. The zero-order valence-corrected chi connectivity index (χ0v) is 17.4. The van der Waals surface area contributed by atoms with Gasteiger partial charge in [-0.05, 0) is 0 Å². The third-order valence-electron chi connectivity index (χ3n) is 0. The van der Waals surface area contributed by atoms with Crippen LogP contribution in [0.4, 0.5) is 24.6 Å². The molecule has 26 heavy (non-hydrogen) atoms. The first-order valence-electron chi connectivity index (χ1n) is 3.70. The molecule has 0 aliphatic carbocycles. The van der Waals surface area contributed by atoms with Crippen LogP contribution in [0, 0.1) is 0 Å². The number of hydrogen-bond donors (Lipinski definition) is 6. The molecule has 0 saturated carbocycles. The molecule has 14 nitrogen and oxygen atoms in total. The maximum absolute atomic E-state index is 10.1. The zero-order valence-electron chi connectivity index (χ0n) is 11.4. The highest BCUT2D eigenvalue weighted by Gasteiger charge is 1.89. The molecule has 0 unspecified atom stereocenters. The van der Waals surface area contributed by atoms with Gasteiger partial charge in [0.2, 0.25) is 0 Å². The Morgan fingerprint density at radius 3 is 0.346 bits per heavy atom. The Bertz CT molecular complexity index is 269. The van der Waals surface area contributed by atoms with E-state index in [9.17, 15) is 24.6 Å². The summed E-state index contributed by atoms with van der Waals surface area (Å²) in [4.78, 5) is 41.6. The molecule has 0 saturated heterocycles. The number of rotatable bonds is 0. The smallest absolute Gasteiger partial charge is 0.517 e. The Hall–Kier alpha value is -1.60. The molecule has 0 aromatic carbocycles. The van der Waals surface area contributed by atoms with E-state index < -0.39 is 55.6 Å². The van der Waals surface area contributed by atoms with Crippen molar-refractivity contribution < 1.29 is 91.1 Å². The molecule has 0 fully saturated rings. The largest absolute Gasteiger partial charge is 0.734 e. The van der Waals surface area contributed by atoms with Crippen LogP contribution in [0.15, 0.2) is 0 Å². The van der Waals surface area contributed by atoms with Crippen molar-refractivity contribution in [3.8, 4) is 0 Å². The third kappa shape index (κ3) is 4010. The summed E-state index contributed by atoms with van der Waals surface area (Å²) in [6.07, 6.45) is 0. The van der Waals surface area contributed by atoms with Crippen molar-refractivity contribution >= 4 is 55.6 Å². The van der Waals surface area contributed by atoms with E-state index in [4.69, 9.17) is 55.5 Å². The highest BCUT2D eigenvalue weighted by Crippen LogP contribution is 1.48. The molecule has 0 rings (SSSR count). The van der Waals surface area contributed by atoms with Crippen molar-refractivity contribution in [2.24, 2.45) is 0 Å².